The Labute approximate surface area is 121 Å². The lowest BCUT2D eigenvalue weighted by Gasteiger charge is -2.14. The van der Waals surface area contributed by atoms with E-state index in [-0.39, 0.29) is 18.2 Å². The van der Waals surface area contributed by atoms with Crippen LogP contribution in [0.1, 0.15) is 25.8 Å². The summed E-state index contributed by atoms with van der Waals surface area (Å²) in [6.45, 7) is 4.13. The first-order valence-electron chi connectivity index (χ1n) is 6.55. The predicted octanol–water partition coefficient (Wildman–Crippen LogP) is 2.57. The fraction of sp³-hybridized carbons (Fsp3) is 0.500. The number of benzene rings is 1. The highest BCUT2D eigenvalue weighted by Gasteiger charge is 2.30. The Morgan fingerprint density at radius 1 is 1.29 bits per heavy atom. The second-order valence-corrected chi connectivity index (χ2v) is 5.15. The molecule has 4 nitrogen and oxygen atoms in total. The molecule has 1 rings (SSSR count). The maximum absolute atomic E-state index is 12.0. The van der Waals surface area contributed by atoms with Crippen molar-refractivity contribution < 1.29 is 22.7 Å². The van der Waals surface area contributed by atoms with Crippen molar-refractivity contribution in [3.63, 3.8) is 0 Å². The number of alkyl halides is 3. The summed E-state index contributed by atoms with van der Waals surface area (Å²) in [5, 5.41) is 2.64. The van der Waals surface area contributed by atoms with Gasteiger partial charge in [-0.05, 0) is 30.0 Å². The predicted molar refractivity (Wildman–Crippen MR) is 72.4 cm³/mol. The molecule has 0 aromatic heterocycles. The number of carbonyl (C=O) groups excluding carboxylic acids is 1. The van der Waals surface area contributed by atoms with E-state index >= 15 is 0 Å². The highest BCUT2D eigenvalue weighted by molar-refractivity contribution is 5.81. The van der Waals surface area contributed by atoms with E-state index in [1.165, 1.54) is 24.3 Å². The van der Waals surface area contributed by atoms with E-state index in [4.69, 9.17) is 5.73 Å². The van der Waals surface area contributed by atoms with Crippen LogP contribution in [0.3, 0.4) is 0 Å². The fourth-order valence-electron chi connectivity index (χ4n) is 1.74. The minimum absolute atomic E-state index is 0.205. The van der Waals surface area contributed by atoms with Gasteiger partial charge in [-0.2, -0.15) is 0 Å². The minimum Gasteiger partial charge on any atom is -0.406 e. The van der Waals surface area contributed by atoms with Crippen molar-refractivity contribution >= 4 is 5.91 Å². The van der Waals surface area contributed by atoms with E-state index in [0.29, 0.717) is 17.9 Å². The SMILES string of the molecule is CC(C)CC(N)C(=O)NCc1ccc(OC(F)(F)F)cc1. The van der Waals surface area contributed by atoms with Crippen LogP contribution in [0.15, 0.2) is 24.3 Å². The Balaban J connectivity index is 2.47. The average molecular weight is 304 g/mol. The van der Waals surface area contributed by atoms with Gasteiger partial charge in [0.1, 0.15) is 5.75 Å². The molecule has 0 radical (unpaired) electrons. The van der Waals surface area contributed by atoms with Gasteiger partial charge in [0.2, 0.25) is 5.91 Å². The summed E-state index contributed by atoms with van der Waals surface area (Å²) < 4.78 is 39.7. The molecule has 7 heteroatoms. The van der Waals surface area contributed by atoms with Gasteiger partial charge in [0.15, 0.2) is 0 Å². The molecule has 0 aliphatic rings. The second kappa shape index (κ2) is 7.31. The molecular formula is C14H19F3N2O2. The lowest BCUT2D eigenvalue weighted by molar-refractivity contribution is -0.274. The topological polar surface area (TPSA) is 64.4 Å². The summed E-state index contributed by atoms with van der Waals surface area (Å²) in [4.78, 5) is 11.7. The quantitative estimate of drug-likeness (QED) is 0.849. The summed E-state index contributed by atoms with van der Waals surface area (Å²) in [5.41, 5.74) is 6.38. The van der Waals surface area contributed by atoms with E-state index in [1.807, 2.05) is 13.8 Å². The number of hydrogen-bond acceptors (Lipinski definition) is 3. The molecule has 21 heavy (non-hydrogen) atoms. The summed E-state index contributed by atoms with van der Waals surface area (Å²) in [6, 6.07) is 4.72. The fourth-order valence-corrected chi connectivity index (χ4v) is 1.74. The molecular weight excluding hydrogens is 285 g/mol. The number of nitrogens with one attached hydrogen (secondary N) is 1. The van der Waals surface area contributed by atoms with Gasteiger partial charge in [0.25, 0.3) is 0 Å². The van der Waals surface area contributed by atoms with E-state index in [2.05, 4.69) is 10.1 Å². The van der Waals surface area contributed by atoms with Gasteiger partial charge in [0, 0.05) is 6.54 Å². The third-order valence-corrected chi connectivity index (χ3v) is 2.69. The molecule has 1 aromatic rings. The zero-order valence-electron chi connectivity index (χ0n) is 11.9. The molecule has 0 bridgehead atoms. The molecule has 0 saturated carbocycles. The molecule has 0 heterocycles. The third kappa shape index (κ3) is 6.99. The standard InChI is InChI=1S/C14H19F3N2O2/c1-9(2)7-12(18)13(20)19-8-10-3-5-11(6-4-10)21-14(15,16)17/h3-6,9,12H,7-8,18H2,1-2H3,(H,19,20). The van der Waals surface area contributed by atoms with Crippen LogP contribution in [-0.2, 0) is 11.3 Å². The van der Waals surface area contributed by atoms with Crippen molar-refractivity contribution in [2.75, 3.05) is 0 Å². The number of amides is 1. The summed E-state index contributed by atoms with van der Waals surface area (Å²) in [7, 11) is 0. The molecule has 0 fully saturated rings. The lowest BCUT2D eigenvalue weighted by Crippen LogP contribution is -2.41. The van der Waals surface area contributed by atoms with Gasteiger partial charge in [-0.25, -0.2) is 0 Å². The van der Waals surface area contributed by atoms with Gasteiger partial charge in [-0.1, -0.05) is 26.0 Å². The number of carbonyl (C=O) groups is 1. The maximum Gasteiger partial charge on any atom is 0.573 e. The minimum atomic E-state index is -4.71. The molecule has 1 amide bonds. The van der Waals surface area contributed by atoms with Gasteiger partial charge in [-0.15, -0.1) is 13.2 Å². The number of hydrogen-bond donors (Lipinski definition) is 2. The van der Waals surface area contributed by atoms with Gasteiger partial charge in [-0.3, -0.25) is 4.79 Å². The zero-order chi connectivity index (χ0) is 16.0. The Hall–Kier alpha value is -1.76. The Bertz CT molecular complexity index is 458. The van der Waals surface area contributed by atoms with Crippen LogP contribution in [0.2, 0.25) is 0 Å². The van der Waals surface area contributed by atoms with Gasteiger partial charge >= 0.3 is 6.36 Å². The van der Waals surface area contributed by atoms with Crippen LogP contribution in [0.5, 0.6) is 5.75 Å². The average Bonchev–Trinajstić information content (AvgIpc) is 2.35. The van der Waals surface area contributed by atoms with Crippen molar-refractivity contribution in [2.45, 2.75) is 39.2 Å². The Morgan fingerprint density at radius 3 is 2.33 bits per heavy atom. The molecule has 0 spiro atoms. The summed E-state index contributed by atoms with van der Waals surface area (Å²) in [6.07, 6.45) is -4.14. The van der Waals surface area contributed by atoms with E-state index in [0.717, 1.165) is 0 Å². The maximum atomic E-state index is 12.0. The lowest BCUT2D eigenvalue weighted by atomic mass is 10.0. The first-order valence-corrected chi connectivity index (χ1v) is 6.55. The van der Waals surface area contributed by atoms with Crippen LogP contribution >= 0.6 is 0 Å². The van der Waals surface area contributed by atoms with Crippen LogP contribution in [0.25, 0.3) is 0 Å². The molecule has 0 saturated heterocycles. The van der Waals surface area contributed by atoms with Crippen molar-refractivity contribution in [3.8, 4) is 5.75 Å². The van der Waals surface area contributed by atoms with Gasteiger partial charge in [0.05, 0.1) is 6.04 Å². The Kier molecular flexibility index (Phi) is 6.02. The first kappa shape index (κ1) is 17.3. The largest absolute Gasteiger partial charge is 0.573 e. The zero-order valence-corrected chi connectivity index (χ0v) is 11.9. The molecule has 1 aromatic carbocycles. The van der Waals surface area contributed by atoms with E-state index in [1.54, 1.807) is 0 Å². The summed E-state index contributed by atoms with van der Waals surface area (Å²) in [5.74, 6) is -0.266. The number of nitrogens with two attached hydrogens (primary N) is 1. The molecule has 118 valence electrons. The highest BCUT2D eigenvalue weighted by atomic mass is 19.4. The molecule has 1 unspecified atom stereocenters. The van der Waals surface area contributed by atoms with Crippen LogP contribution in [0, 0.1) is 5.92 Å². The number of rotatable bonds is 6. The van der Waals surface area contributed by atoms with Gasteiger partial charge < -0.3 is 15.8 Å². The first-order chi connectivity index (χ1) is 9.67. The smallest absolute Gasteiger partial charge is 0.406 e. The Morgan fingerprint density at radius 2 is 1.86 bits per heavy atom. The summed E-state index contributed by atoms with van der Waals surface area (Å²) >= 11 is 0. The van der Waals surface area contributed by atoms with Crippen molar-refractivity contribution in [3.05, 3.63) is 29.8 Å². The third-order valence-electron chi connectivity index (χ3n) is 2.69. The number of halogens is 3. The van der Waals surface area contributed by atoms with Crippen LogP contribution in [-0.4, -0.2) is 18.3 Å². The van der Waals surface area contributed by atoms with Crippen molar-refractivity contribution in [1.29, 1.82) is 0 Å². The van der Waals surface area contributed by atoms with Crippen molar-refractivity contribution in [1.82, 2.24) is 5.32 Å². The molecule has 3 N–H and O–H groups in total. The highest BCUT2D eigenvalue weighted by Crippen LogP contribution is 2.22. The number of ether oxygens (including phenoxy) is 1. The normalized spacial score (nSPS) is 13.1. The molecule has 1 atom stereocenters. The van der Waals surface area contributed by atoms with Crippen LogP contribution in [0.4, 0.5) is 13.2 Å². The monoisotopic (exact) mass is 304 g/mol. The molecule has 0 aliphatic heterocycles. The second-order valence-electron chi connectivity index (χ2n) is 5.15. The van der Waals surface area contributed by atoms with Crippen molar-refractivity contribution in [2.24, 2.45) is 11.7 Å². The van der Waals surface area contributed by atoms with E-state index in [9.17, 15) is 18.0 Å². The van der Waals surface area contributed by atoms with Crippen LogP contribution < -0.4 is 15.8 Å². The van der Waals surface area contributed by atoms with E-state index < -0.39 is 12.4 Å². The molecule has 0 aliphatic carbocycles.